The Labute approximate surface area is 91.2 Å². The molecule has 0 aliphatic rings. The van der Waals surface area contributed by atoms with Crippen LogP contribution >= 0.6 is 11.3 Å². The van der Waals surface area contributed by atoms with E-state index in [0.29, 0.717) is 11.7 Å². The molecule has 1 aromatic carbocycles. The van der Waals surface area contributed by atoms with Gasteiger partial charge in [-0.15, -0.1) is 0 Å². The second-order valence-electron chi connectivity index (χ2n) is 2.89. The standard InChI is InChI=1S/C11H10O3S/c1-2-13-11(12)14-10-7-8-5-3-4-6-9(8)15-10/h3-7H,2H2,1H3. The fraction of sp³-hybridized carbons (Fsp3) is 0.182. The Hall–Kier alpha value is -1.55. The predicted molar refractivity (Wildman–Crippen MR) is 59.5 cm³/mol. The number of ether oxygens (including phenoxy) is 2. The summed E-state index contributed by atoms with van der Waals surface area (Å²) in [5.74, 6) is 0. The summed E-state index contributed by atoms with van der Waals surface area (Å²) in [7, 11) is 0. The molecule has 0 amide bonds. The number of fused-ring (bicyclic) bond motifs is 1. The smallest absolute Gasteiger partial charge is 0.434 e. The zero-order valence-corrected chi connectivity index (χ0v) is 9.04. The van der Waals surface area contributed by atoms with E-state index in [0.717, 1.165) is 10.1 Å². The number of carbonyl (C=O) groups excluding carboxylic acids is 1. The summed E-state index contributed by atoms with van der Waals surface area (Å²) in [6.45, 7) is 2.07. The molecule has 1 aromatic heterocycles. The molecule has 4 heteroatoms. The van der Waals surface area contributed by atoms with Crippen molar-refractivity contribution in [1.82, 2.24) is 0 Å². The van der Waals surface area contributed by atoms with Crippen molar-refractivity contribution < 1.29 is 14.3 Å². The van der Waals surface area contributed by atoms with Gasteiger partial charge in [0, 0.05) is 10.8 Å². The maximum atomic E-state index is 11.1. The van der Waals surface area contributed by atoms with E-state index >= 15 is 0 Å². The first-order valence-corrected chi connectivity index (χ1v) is 5.44. The summed E-state index contributed by atoms with van der Waals surface area (Å²) in [5, 5.41) is 1.64. The number of carbonyl (C=O) groups is 1. The van der Waals surface area contributed by atoms with Crippen LogP contribution in [0.4, 0.5) is 4.79 Å². The Morgan fingerprint density at radius 2 is 2.20 bits per heavy atom. The fourth-order valence-electron chi connectivity index (χ4n) is 1.24. The zero-order valence-electron chi connectivity index (χ0n) is 8.23. The minimum absolute atomic E-state index is 0.323. The largest absolute Gasteiger partial charge is 0.514 e. The third kappa shape index (κ3) is 2.27. The van der Waals surface area contributed by atoms with Gasteiger partial charge in [-0.05, 0) is 18.4 Å². The van der Waals surface area contributed by atoms with Crippen molar-refractivity contribution in [3.8, 4) is 5.06 Å². The van der Waals surface area contributed by atoms with Crippen LogP contribution in [0, 0.1) is 0 Å². The number of thiophene rings is 1. The molecule has 0 aliphatic carbocycles. The Kier molecular flexibility index (Phi) is 2.87. The molecule has 0 bridgehead atoms. The van der Waals surface area contributed by atoms with Crippen molar-refractivity contribution in [2.75, 3.05) is 6.61 Å². The molecule has 0 unspecified atom stereocenters. The Morgan fingerprint density at radius 3 is 2.93 bits per heavy atom. The van der Waals surface area contributed by atoms with Gasteiger partial charge in [0.05, 0.1) is 6.61 Å². The van der Waals surface area contributed by atoms with Crippen molar-refractivity contribution in [1.29, 1.82) is 0 Å². The van der Waals surface area contributed by atoms with E-state index in [4.69, 9.17) is 4.74 Å². The van der Waals surface area contributed by atoms with E-state index in [2.05, 4.69) is 4.74 Å². The summed E-state index contributed by atoms with van der Waals surface area (Å²) >= 11 is 1.43. The van der Waals surface area contributed by atoms with Crippen molar-refractivity contribution in [2.45, 2.75) is 6.92 Å². The lowest BCUT2D eigenvalue weighted by molar-refractivity contribution is 0.105. The molecule has 0 saturated carbocycles. The molecule has 0 fully saturated rings. The molecular weight excluding hydrogens is 212 g/mol. The summed E-state index contributed by atoms with van der Waals surface area (Å²) in [4.78, 5) is 11.1. The van der Waals surface area contributed by atoms with Crippen LogP contribution in [0.2, 0.25) is 0 Å². The minimum atomic E-state index is -0.649. The first-order chi connectivity index (χ1) is 7.29. The average molecular weight is 222 g/mol. The lowest BCUT2D eigenvalue weighted by Crippen LogP contribution is -2.08. The molecule has 0 spiro atoms. The van der Waals surface area contributed by atoms with Gasteiger partial charge in [-0.25, -0.2) is 4.79 Å². The maximum absolute atomic E-state index is 11.1. The van der Waals surface area contributed by atoms with Crippen LogP contribution in [0.1, 0.15) is 6.92 Å². The van der Waals surface area contributed by atoms with Crippen molar-refractivity contribution >= 4 is 27.6 Å². The molecule has 0 radical (unpaired) electrons. The Bertz CT molecular complexity index is 442. The predicted octanol–water partition coefficient (Wildman–Crippen LogP) is 3.44. The highest BCUT2D eigenvalue weighted by Gasteiger charge is 2.07. The molecule has 0 atom stereocenters. The van der Waals surface area contributed by atoms with Crippen molar-refractivity contribution in [3.05, 3.63) is 30.3 Å². The minimum Gasteiger partial charge on any atom is -0.434 e. The third-order valence-corrected chi connectivity index (χ3v) is 2.84. The third-order valence-electron chi connectivity index (χ3n) is 1.85. The van der Waals surface area contributed by atoms with Gasteiger partial charge in [0.15, 0.2) is 5.06 Å². The van der Waals surface area contributed by atoms with Gasteiger partial charge in [-0.2, -0.15) is 0 Å². The maximum Gasteiger partial charge on any atom is 0.514 e. The Balaban J connectivity index is 2.18. The van der Waals surface area contributed by atoms with Crippen LogP contribution in [0.5, 0.6) is 5.06 Å². The first-order valence-electron chi connectivity index (χ1n) is 4.63. The second kappa shape index (κ2) is 4.31. The number of rotatable bonds is 2. The van der Waals surface area contributed by atoms with Crippen LogP contribution in [-0.2, 0) is 4.74 Å². The molecule has 1 heterocycles. The molecule has 3 nitrogen and oxygen atoms in total. The second-order valence-corrected chi connectivity index (χ2v) is 3.93. The normalized spacial score (nSPS) is 10.2. The van der Waals surface area contributed by atoms with Gasteiger partial charge in [0.25, 0.3) is 0 Å². The highest BCUT2D eigenvalue weighted by molar-refractivity contribution is 7.20. The summed E-state index contributed by atoms with van der Waals surface area (Å²) < 4.78 is 10.8. The Morgan fingerprint density at radius 1 is 1.40 bits per heavy atom. The average Bonchev–Trinajstić information content (AvgIpc) is 2.59. The number of hydrogen-bond donors (Lipinski definition) is 0. The summed E-state index contributed by atoms with van der Waals surface area (Å²) in [5.41, 5.74) is 0. The van der Waals surface area contributed by atoms with Crippen LogP contribution in [0.3, 0.4) is 0 Å². The molecule has 2 aromatic rings. The van der Waals surface area contributed by atoms with Gasteiger partial charge in [-0.1, -0.05) is 29.5 Å². The quantitative estimate of drug-likeness (QED) is 0.730. The first kappa shape index (κ1) is 9.98. The highest BCUT2D eigenvalue weighted by atomic mass is 32.1. The summed E-state index contributed by atoms with van der Waals surface area (Å²) in [6.07, 6.45) is -0.649. The van der Waals surface area contributed by atoms with Gasteiger partial charge in [-0.3, -0.25) is 0 Å². The van der Waals surface area contributed by atoms with Gasteiger partial charge in [0.2, 0.25) is 0 Å². The fourth-order valence-corrected chi connectivity index (χ4v) is 2.14. The van der Waals surface area contributed by atoms with Crippen molar-refractivity contribution in [3.63, 3.8) is 0 Å². The van der Waals surface area contributed by atoms with Gasteiger partial charge >= 0.3 is 6.16 Å². The van der Waals surface area contributed by atoms with E-state index in [-0.39, 0.29) is 0 Å². The van der Waals surface area contributed by atoms with Crippen LogP contribution in [0.25, 0.3) is 10.1 Å². The molecule has 78 valence electrons. The lowest BCUT2D eigenvalue weighted by atomic mass is 10.3. The molecular formula is C11H10O3S. The van der Waals surface area contributed by atoms with Gasteiger partial charge in [0.1, 0.15) is 0 Å². The van der Waals surface area contributed by atoms with E-state index in [1.807, 2.05) is 30.3 Å². The molecule has 0 aliphatic heterocycles. The molecule has 2 rings (SSSR count). The van der Waals surface area contributed by atoms with E-state index in [9.17, 15) is 4.79 Å². The molecule has 0 saturated heterocycles. The number of benzene rings is 1. The monoisotopic (exact) mass is 222 g/mol. The van der Waals surface area contributed by atoms with E-state index in [1.165, 1.54) is 11.3 Å². The highest BCUT2D eigenvalue weighted by Crippen LogP contribution is 2.31. The number of hydrogen-bond acceptors (Lipinski definition) is 4. The van der Waals surface area contributed by atoms with E-state index < -0.39 is 6.16 Å². The zero-order chi connectivity index (χ0) is 10.7. The van der Waals surface area contributed by atoms with Crippen LogP contribution in [0.15, 0.2) is 30.3 Å². The van der Waals surface area contributed by atoms with E-state index in [1.54, 1.807) is 6.92 Å². The SMILES string of the molecule is CCOC(=O)Oc1cc2ccccc2s1. The van der Waals surface area contributed by atoms with Crippen molar-refractivity contribution in [2.24, 2.45) is 0 Å². The topological polar surface area (TPSA) is 35.5 Å². The van der Waals surface area contributed by atoms with Crippen LogP contribution in [-0.4, -0.2) is 12.8 Å². The molecule has 15 heavy (non-hydrogen) atoms. The summed E-state index contributed by atoms with van der Waals surface area (Å²) in [6, 6.07) is 9.69. The van der Waals surface area contributed by atoms with Crippen LogP contribution < -0.4 is 4.74 Å². The molecule has 0 N–H and O–H groups in total. The van der Waals surface area contributed by atoms with Gasteiger partial charge < -0.3 is 9.47 Å². The lowest BCUT2D eigenvalue weighted by Gasteiger charge is -1.99.